The molecule has 0 atom stereocenters. The smallest absolute Gasteiger partial charge is 0.276 e. The van der Waals surface area contributed by atoms with Crippen LogP contribution in [0.1, 0.15) is 33.4 Å². The minimum absolute atomic E-state index is 0.0536. The largest absolute Gasteiger partial charge is 0.497 e. The van der Waals surface area contributed by atoms with E-state index in [9.17, 15) is 20.1 Å². The highest BCUT2D eigenvalue weighted by atomic mass is 16.6. The van der Waals surface area contributed by atoms with Crippen LogP contribution in [0.4, 0.5) is 5.69 Å². The number of rotatable bonds is 7. The summed E-state index contributed by atoms with van der Waals surface area (Å²) >= 11 is 0. The van der Waals surface area contributed by atoms with Crippen molar-refractivity contribution in [3.05, 3.63) is 121 Å². The molecule has 0 amide bonds. The summed E-state index contributed by atoms with van der Waals surface area (Å²) in [6.07, 6.45) is 0. The molecule has 0 aliphatic carbocycles. The van der Waals surface area contributed by atoms with Crippen molar-refractivity contribution in [2.24, 2.45) is 5.16 Å². The molecule has 0 aliphatic heterocycles. The van der Waals surface area contributed by atoms with Crippen LogP contribution in [0, 0.1) is 30.9 Å². The van der Waals surface area contributed by atoms with E-state index in [4.69, 9.17) is 4.74 Å². The lowest BCUT2D eigenvalue weighted by atomic mass is 9.91. The first-order valence-electron chi connectivity index (χ1n) is 11.5. The molecule has 4 rings (SSSR count). The van der Waals surface area contributed by atoms with E-state index in [0.29, 0.717) is 39.3 Å². The van der Waals surface area contributed by atoms with E-state index in [1.165, 1.54) is 4.68 Å². The number of ether oxygens (including phenoxy) is 1. The Labute approximate surface area is 213 Å². The van der Waals surface area contributed by atoms with Crippen LogP contribution in [-0.2, 0) is 6.54 Å². The molecule has 4 aromatic rings. The van der Waals surface area contributed by atoms with E-state index in [1.807, 2.05) is 42.5 Å². The van der Waals surface area contributed by atoms with Gasteiger partial charge >= 0.3 is 0 Å². The third kappa shape index (κ3) is 4.97. The van der Waals surface area contributed by atoms with Crippen LogP contribution in [-0.4, -0.2) is 32.7 Å². The number of nitro groups is 1. The zero-order chi connectivity index (χ0) is 26.7. The maximum absolute atomic E-state index is 13.7. The van der Waals surface area contributed by atoms with E-state index in [-0.39, 0.29) is 23.5 Å². The summed E-state index contributed by atoms with van der Waals surface area (Å²) < 4.78 is 6.56. The van der Waals surface area contributed by atoms with Gasteiger partial charge in [-0.25, -0.2) is 4.68 Å². The molecular formula is C28H26N4O5. The second-order valence-corrected chi connectivity index (χ2v) is 8.68. The van der Waals surface area contributed by atoms with E-state index >= 15 is 0 Å². The molecule has 0 spiro atoms. The molecule has 0 bridgehead atoms. The van der Waals surface area contributed by atoms with Crippen LogP contribution in [0.5, 0.6) is 5.75 Å². The highest BCUT2D eigenvalue weighted by Gasteiger charge is 2.26. The molecule has 0 aliphatic rings. The molecule has 9 heteroatoms. The van der Waals surface area contributed by atoms with Crippen molar-refractivity contribution >= 4 is 11.4 Å². The van der Waals surface area contributed by atoms with Crippen LogP contribution in [0.25, 0.3) is 11.3 Å². The minimum Gasteiger partial charge on any atom is -0.497 e. The summed E-state index contributed by atoms with van der Waals surface area (Å²) in [5.74, 6) is 0.664. The lowest BCUT2D eigenvalue weighted by molar-refractivity contribution is -0.386. The van der Waals surface area contributed by atoms with Gasteiger partial charge in [-0.3, -0.25) is 14.9 Å². The van der Waals surface area contributed by atoms with Gasteiger partial charge in [0.2, 0.25) is 0 Å². The average molecular weight is 499 g/mol. The summed E-state index contributed by atoms with van der Waals surface area (Å²) in [4.78, 5) is 25.0. The maximum atomic E-state index is 13.7. The first-order valence-corrected chi connectivity index (χ1v) is 11.5. The van der Waals surface area contributed by atoms with Crippen LogP contribution in [0.15, 0.2) is 76.7 Å². The number of hydrogen-bond donors (Lipinski definition) is 1. The molecule has 9 nitrogen and oxygen atoms in total. The SMILES string of the molecule is COc1ccc(-c2cc(/C(=N/O)c3c(C)cc(C)c([N+](=O)[O-])c3C)c(=O)n(Cc3ccccc3)n2)cc1. The Hall–Kier alpha value is -4.79. The first kappa shape index (κ1) is 25.3. The Kier molecular flexibility index (Phi) is 7.15. The lowest BCUT2D eigenvalue weighted by Crippen LogP contribution is -2.30. The number of hydrogen-bond acceptors (Lipinski definition) is 7. The molecule has 0 saturated heterocycles. The van der Waals surface area contributed by atoms with Gasteiger partial charge in [0.1, 0.15) is 11.5 Å². The molecular weight excluding hydrogens is 472 g/mol. The molecule has 1 N–H and O–H groups in total. The molecule has 0 fully saturated rings. The number of nitrogens with zero attached hydrogens (tertiary/aromatic N) is 4. The normalized spacial score (nSPS) is 11.4. The zero-order valence-corrected chi connectivity index (χ0v) is 20.9. The molecule has 37 heavy (non-hydrogen) atoms. The highest BCUT2D eigenvalue weighted by Crippen LogP contribution is 2.31. The fraction of sp³-hybridized carbons (Fsp3) is 0.179. The predicted molar refractivity (Wildman–Crippen MR) is 141 cm³/mol. The van der Waals surface area contributed by atoms with E-state index in [2.05, 4.69) is 10.3 Å². The van der Waals surface area contributed by atoms with Crippen LogP contribution in [0.2, 0.25) is 0 Å². The van der Waals surface area contributed by atoms with Crippen LogP contribution >= 0.6 is 0 Å². The second-order valence-electron chi connectivity index (χ2n) is 8.68. The Bertz CT molecular complexity index is 1560. The highest BCUT2D eigenvalue weighted by molar-refractivity contribution is 6.15. The van der Waals surface area contributed by atoms with E-state index < -0.39 is 10.5 Å². The molecule has 1 heterocycles. The number of benzene rings is 3. The molecule has 0 saturated carbocycles. The second kappa shape index (κ2) is 10.4. The standard InChI is InChI=1S/C28H26N4O5/c1-17-14-18(2)27(32(35)36)19(3)25(17)26(30-34)23-15-24(21-10-12-22(37-4)13-11-21)29-31(28(23)33)16-20-8-6-5-7-9-20/h5-15,34H,16H2,1-4H3/b30-26-. The predicted octanol–water partition coefficient (Wildman–Crippen LogP) is 5.03. The lowest BCUT2D eigenvalue weighted by Gasteiger charge is -2.16. The van der Waals surface area contributed by atoms with Gasteiger partial charge in [0.05, 0.1) is 29.8 Å². The number of nitro benzene ring substituents is 1. The Balaban J connectivity index is 1.97. The molecule has 1 aromatic heterocycles. The van der Waals surface area contributed by atoms with Crippen molar-refractivity contribution in [3.8, 4) is 17.0 Å². The minimum atomic E-state index is -0.490. The van der Waals surface area contributed by atoms with Crippen molar-refractivity contribution in [1.29, 1.82) is 0 Å². The summed E-state index contributed by atoms with van der Waals surface area (Å²) in [7, 11) is 1.57. The molecule has 188 valence electrons. The number of methoxy groups -OCH3 is 1. The van der Waals surface area contributed by atoms with Crippen molar-refractivity contribution in [3.63, 3.8) is 0 Å². The zero-order valence-electron chi connectivity index (χ0n) is 20.9. The van der Waals surface area contributed by atoms with Crippen molar-refractivity contribution in [1.82, 2.24) is 9.78 Å². The summed E-state index contributed by atoms with van der Waals surface area (Å²) in [6, 6.07) is 19.8. The third-order valence-electron chi connectivity index (χ3n) is 6.24. The monoisotopic (exact) mass is 498 g/mol. The number of oxime groups is 1. The van der Waals surface area contributed by atoms with E-state index in [1.54, 1.807) is 52.1 Å². The Morgan fingerprint density at radius 3 is 2.32 bits per heavy atom. The van der Waals surface area contributed by atoms with Gasteiger partial charge in [0.25, 0.3) is 11.2 Å². The number of aryl methyl sites for hydroxylation is 2. The maximum Gasteiger partial charge on any atom is 0.276 e. The Morgan fingerprint density at radius 2 is 1.73 bits per heavy atom. The van der Waals surface area contributed by atoms with Crippen molar-refractivity contribution in [2.45, 2.75) is 27.3 Å². The fourth-order valence-electron chi connectivity index (χ4n) is 4.54. The van der Waals surface area contributed by atoms with Gasteiger partial charge in [-0.1, -0.05) is 35.5 Å². The van der Waals surface area contributed by atoms with Gasteiger partial charge in [0, 0.05) is 22.3 Å². The summed E-state index contributed by atoms with van der Waals surface area (Å²) in [5.41, 5.74) is 3.24. The first-order chi connectivity index (χ1) is 17.7. The van der Waals surface area contributed by atoms with Gasteiger partial charge in [-0.05, 0) is 68.3 Å². The number of aromatic nitrogens is 2. The van der Waals surface area contributed by atoms with Gasteiger partial charge < -0.3 is 9.94 Å². The van der Waals surface area contributed by atoms with Crippen molar-refractivity contribution in [2.75, 3.05) is 7.11 Å². The van der Waals surface area contributed by atoms with Gasteiger partial charge in [-0.15, -0.1) is 0 Å². The molecule has 3 aromatic carbocycles. The van der Waals surface area contributed by atoms with E-state index in [0.717, 1.165) is 5.56 Å². The quantitative estimate of drug-likeness (QED) is 0.165. The summed E-state index contributed by atoms with van der Waals surface area (Å²) in [6.45, 7) is 5.19. The third-order valence-corrected chi connectivity index (χ3v) is 6.24. The topological polar surface area (TPSA) is 120 Å². The van der Waals surface area contributed by atoms with Gasteiger partial charge in [0.15, 0.2) is 0 Å². The Morgan fingerprint density at radius 1 is 1.05 bits per heavy atom. The van der Waals surface area contributed by atoms with Crippen LogP contribution < -0.4 is 10.3 Å². The average Bonchev–Trinajstić information content (AvgIpc) is 2.88. The van der Waals surface area contributed by atoms with Crippen LogP contribution in [0.3, 0.4) is 0 Å². The fourth-order valence-corrected chi connectivity index (χ4v) is 4.54. The van der Waals surface area contributed by atoms with Gasteiger partial charge in [-0.2, -0.15) is 5.10 Å². The molecule has 0 unspecified atom stereocenters. The summed E-state index contributed by atoms with van der Waals surface area (Å²) in [5, 5.41) is 30.0. The molecule has 0 radical (unpaired) electrons. The van der Waals surface area contributed by atoms with Crippen molar-refractivity contribution < 1.29 is 14.9 Å².